The second-order valence-corrected chi connectivity index (χ2v) is 10.2. The van der Waals surface area contributed by atoms with Crippen LogP contribution >= 0.6 is 0 Å². The highest BCUT2D eigenvalue weighted by Crippen LogP contribution is 2.44. The van der Waals surface area contributed by atoms with Crippen molar-refractivity contribution in [3.63, 3.8) is 0 Å². The first-order valence-electron chi connectivity index (χ1n) is 13.3. The van der Waals surface area contributed by atoms with Gasteiger partial charge in [0.25, 0.3) is 0 Å². The van der Waals surface area contributed by atoms with E-state index in [1.165, 1.54) is 19.1 Å². The fourth-order valence-corrected chi connectivity index (χ4v) is 5.39. The third kappa shape index (κ3) is 6.23. The van der Waals surface area contributed by atoms with Crippen LogP contribution in [0, 0.1) is 28.6 Å². The normalized spacial score (nSPS) is 18.0. The van der Waals surface area contributed by atoms with Crippen LogP contribution in [0.1, 0.15) is 67.2 Å². The predicted molar refractivity (Wildman–Crippen MR) is 148 cm³/mol. The monoisotopic (exact) mass is 555 g/mol. The lowest BCUT2D eigenvalue weighted by atomic mass is 9.73. The van der Waals surface area contributed by atoms with Gasteiger partial charge in [-0.2, -0.15) is 23.7 Å². The van der Waals surface area contributed by atoms with Gasteiger partial charge in [-0.05, 0) is 67.1 Å². The molecule has 0 aromatic heterocycles. The zero-order valence-electron chi connectivity index (χ0n) is 22.7. The largest absolute Gasteiger partial charge is 0.416 e. The van der Waals surface area contributed by atoms with Crippen LogP contribution in [0.25, 0.3) is 0 Å². The molecule has 3 unspecified atom stereocenters. The molecule has 4 rings (SSSR count). The molecule has 0 spiro atoms. The van der Waals surface area contributed by atoms with Crippen LogP contribution in [-0.4, -0.2) is 11.7 Å². The molecule has 1 aliphatic heterocycles. The van der Waals surface area contributed by atoms with E-state index in [-0.39, 0.29) is 35.1 Å². The molecule has 0 radical (unpaired) electrons. The van der Waals surface area contributed by atoms with Gasteiger partial charge in [0.15, 0.2) is 0 Å². The number of anilines is 1. The number of amides is 1. The maximum atomic E-state index is 14.1. The maximum absolute atomic E-state index is 14.1. The Bertz CT molecular complexity index is 1550. The van der Waals surface area contributed by atoms with Crippen molar-refractivity contribution in [3.8, 4) is 12.1 Å². The van der Waals surface area contributed by atoms with Crippen molar-refractivity contribution in [3.05, 3.63) is 112 Å². The first kappa shape index (κ1) is 29.3. The van der Waals surface area contributed by atoms with Crippen molar-refractivity contribution in [2.45, 2.75) is 51.1 Å². The molecule has 0 aliphatic carbocycles. The van der Waals surface area contributed by atoms with E-state index in [9.17, 15) is 33.3 Å². The molecule has 3 aromatic carbocycles. The summed E-state index contributed by atoms with van der Waals surface area (Å²) in [6, 6.07) is 24.6. The van der Waals surface area contributed by atoms with Crippen LogP contribution in [-0.2, 0) is 15.8 Å². The number of carbonyl (C=O) groups excluding carboxylic acids is 2. The van der Waals surface area contributed by atoms with Crippen LogP contribution in [0.15, 0.2) is 90.1 Å². The van der Waals surface area contributed by atoms with Crippen molar-refractivity contribution in [1.82, 2.24) is 0 Å². The predicted octanol–water partition coefficient (Wildman–Crippen LogP) is 7.66. The molecule has 0 bridgehead atoms. The number of hydrogen-bond acceptors (Lipinski definition) is 4. The van der Waals surface area contributed by atoms with Gasteiger partial charge < -0.3 is 0 Å². The Balaban J connectivity index is 1.73. The maximum Gasteiger partial charge on any atom is 0.416 e. The summed E-state index contributed by atoms with van der Waals surface area (Å²) < 4.78 is 40.5. The van der Waals surface area contributed by atoms with E-state index >= 15 is 0 Å². The first-order chi connectivity index (χ1) is 19.6. The number of allylic oxidation sites excluding steroid dienone is 2. The summed E-state index contributed by atoms with van der Waals surface area (Å²) in [7, 11) is 0. The minimum Gasteiger partial charge on any atom is -0.299 e. The number of benzene rings is 3. The molecule has 1 aliphatic rings. The van der Waals surface area contributed by atoms with Gasteiger partial charge in [-0.15, -0.1) is 0 Å². The molecule has 8 heteroatoms. The van der Waals surface area contributed by atoms with Crippen LogP contribution in [0.4, 0.5) is 18.9 Å². The molecular formula is C33H28F3N3O2. The number of ketones is 1. The van der Waals surface area contributed by atoms with E-state index in [2.05, 4.69) is 13.0 Å². The Kier molecular flexibility index (Phi) is 8.74. The van der Waals surface area contributed by atoms with Gasteiger partial charge in [0, 0.05) is 23.7 Å². The molecule has 5 nitrogen and oxygen atoms in total. The molecule has 0 saturated heterocycles. The van der Waals surface area contributed by atoms with E-state index in [0.717, 1.165) is 22.6 Å². The molecule has 3 aromatic rings. The summed E-state index contributed by atoms with van der Waals surface area (Å²) >= 11 is 0. The number of rotatable bonds is 8. The van der Waals surface area contributed by atoms with E-state index in [4.69, 9.17) is 0 Å². The van der Waals surface area contributed by atoms with Crippen molar-refractivity contribution < 1.29 is 22.8 Å². The highest BCUT2D eigenvalue weighted by molar-refractivity contribution is 6.12. The second-order valence-electron chi connectivity index (χ2n) is 10.2. The summed E-state index contributed by atoms with van der Waals surface area (Å²) in [6.45, 7) is 3.55. The van der Waals surface area contributed by atoms with Gasteiger partial charge in [0.2, 0.25) is 5.91 Å². The molecule has 3 atom stereocenters. The van der Waals surface area contributed by atoms with Crippen LogP contribution in [0.2, 0.25) is 0 Å². The molecule has 208 valence electrons. The van der Waals surface area contributed by atoms with Crippen molar-refractivity contribution in [2.24, 2.45) is 5.92 Å². The lowest BCUT2D eigenvalue weighted by Gasteiger charge is -2.38. The van der Waals surface area contributed by atoms with E-state index in [1.54, 1.807) is 24.3 Å². The number of hydrogen-bond donors (Lipinski definition) is 0. The highest BCUT2D eigenvalue weighted by Gasteiger charge is 2.46. The van der Waals surface area contributed by atoms with Crippen LogP contribution < -0.4 is 4.90 Å². The summed E-state index contributed by atoms with van der Waals surface area (Å²) in [5, 5.41) is 19.4. The fraction of sp³-hybridized carbons (Fsp3) is 0.273. The number of nitriles is 2. The van der Waals surface area contributed by atoms with Gasteiger partial charge in [-0.1, -0.05) is 55.5 Å². The topological polar surface area (TPSA) is 85.0 Å². The number of alkyl halides is 3. The summed E-state index contributed by atoms with van der Waals surface area (Å²) in [4.78, 5) is 28.9. The minimum atomic E-state index is -4.64. The lowest BCUT2D eigenvalue weighted by molar-refractivity contribution is -0.138. The van der Waals surface area contributed by atoms with Gasteiger partial charge in [0.1, 0.15) is 11.7 Å². The minimum absolute atomic E-state index is 0.0640. The molecule has 1 heterocycles. The Morgan fingerprint density at radius 1 is 0.976 bits per heavy atom. The van der Waals surface area contributed by atoms with Crippen LogP contribution in [0.3, 0.4) is 0 Å². The van der Waals surface area contributed by atoms with Crippen molar-refractivity contribution in [1.29, 1.82) is 10.5 Å². The second kappa shape index (κ2) is 12.2. The van der Waals surface area contributed by atoms with Gasteiger partial charge >= 0.3 is 6.18 Å². The van der Waals surface area contributed by atoms with Crippen molar-refractivity contribution >= 4 is 17.4 Å². The Morgan fingerprint density at radius 2 is 1.66 bits per heavy atom. The SMILES string of the molecule is CC1=C(C#N)C(c2ccc(C#N)cc2)C(C(=O)CCCC(C)c2ccccc2)C(=O)N1c1cccc(C(F)(F)F)c1. The van der Waals surface area contributed by atoms with Gasteiger partial charge in [0.05, 0.1) is 28.8 Å². The first-order valence-corrected chi connectivity index (χ1v) is 13.3. The van der Waals surface area contributed by atoms with Gasteiger partial charge in [-0.25, -0.2) is 0 Å². The number of nitrogens with zero attached hydrogens (tertiary/aromatic N) is 3. The molecule has 0 N–H and O–H groups in total. The average Bonchev–Trinajstić information content (AvgIpc) is 2.97. The summed E-state index contributed by atoms with van der Waals surface area (Å²) in [5.74, 6) is -3.14. The van der Waals surface area contributed by atoms with E-state index < -0.39 is 29.5 Å². The molecule has 0 fully saturated rings. The van der Waals surface area contributed by atoms with Gasteiger partial charge in [-0.3, -0.25) is 14.5 Å². The Labute approximate surface area is 237 Å². The van der Waals surface area contributed by atoms with E-state index in [0.29, 0.717) is 24.0 Å². The number of Topliss-reactive ketones (excluding diaryl/α,β-unsaturated/α-hetero) is 1. The van der Waals surface area contributed by atoms with Crippen molar-refractivity contribution in [2.75, 3.05) is 4.90 Å². The van der Waals surface area contributed by atoms with E-state index in [1.807, 2.05) is 36.4 Å². The molecular weight excluding hydrogens is 527 g/mol. The third-order valence-corrected chi connectivity index (χ3v) is 7.58. The average molecular weight is 556 g/mol. The Hall–Kier alpha value is -4.69. The molecule has 0 saturated carbocycles. The standard InChI is InChI=1S/C33H28F3N3O2/c1-21(24-9-4-3-5-10-24)8-6-13-29(40)31-30(25-16-14-23(19-37)15-17-25)28(20-38)22(2)39(32(31)41)27-12-7-11-26(18-27)33(34,35)36/h3-5,7,9-12,14-18,21,30-31H,6,8,13H2,1-2H3. The van der Waals surface area contributed by atoms with Crippen LogP contribution in [0.5, 0.6) is 0 Å². The zero-order chi connectivity index (χ0) is 29.7. The summed E-state index contributed by atoms with van der Waals surface area (Å²) in [5.41, 5.74) is 1.28. The number of halogens is 3. The fourth-order valence-electron chi connectivity index (χ4n) is 5.39. The zero-order valence-corrected chi connectivity index (χ0v) is 22.7. The summed E-state index contributed by atoms with van der Waals surface area (Å²) in [6.07, 6.45) is -3.39. The molecule has 41 heavy (non-hydrogen) atoms. The Morgan fingerprint density at radius 3 is 2.27 bits per heavy atom. The lowest BCUT2D eigenvalue weighted by Crippen LogP contribution is -2.46. The number of carbonyl (C=O) groups is 2. The highest BCUT2D eigenvalue weighted by atomic mass is 19.4. The quantitative estimate of drug-likeness (QED) is 0.267. The smallest absolute Gasteiger partial charge is 0.299 e. The molecule has 1 amide bonds. The third-order valence-electron chi connectivity index (χ3n) is 7.58.